The number of amides is 1. The van der Waals surface area contributed by atoms with Gasteiger partial charge in [-0.1, -0.05) is 11.6 Å². The highest BCUT2D eigenvalue weighted by molar-refractivity contribution is 14.1. The van der Waals surface area contributed by atoms with Crippen molar-refractivity contribution < 1.29 is 13.2 Å². The van der Waals surface area contributed by atoms with E-state index in [9.17, 15) is 13.2 Å². The highest BCUT2D eigenvalue weighted by Crippen LogP contribution is 2.23. The van der Waals surface area contributed by atoms with Crippen LogP contribution in [0, 0.1) is 3.57 Å². The Balaban J connectivity index is 2.04. The van der Waals surface area contributed by atoms with E-state index in [0.717, 1.165) is 3.57 Å². The predicted molar refractivity (Wildman–Crippen MR) is 100 cm³/mol. The average Bonchev–Trinajstić information content (AvgIpc) is 2.55. The van der Waals surface area contributed by atoms with Gasteiger partial charge >= 0.3 is 0 Å². The van der Waals surface area contributed by atoms with E-state index in [1.165, 1.54) is 4.31 Å². The molecule has 1 amide bonds. The number of hydrogen-bond acceptors (Lipinski definition) is 3. The fourth-order valence-electron chi connectivity index (χ4n) is 2.70. The van der Waals surface area contributed by atoms with Gasteiger partial charge in [0.1, 0.15) is 0 Å². The summed E-state index contributed by atoms with van der Waals surface area (Å²) in [5.74, 6) is 0.0555. The quantitative estimate of drug-likeness (QED) is 0.636. The van der Waals surface area contributed by atoms with Gasteiger partial charge in [0, 0.05) is 34.8 Å². The van der Waals surface area contributed by atoms with Crippen LogP contribution < -0.4 is 0 Å². The molecule has 0 unspecified atom stereocenters. The number of nitrogens with zero attached hydrogens (tertiary/aromatic N) is 2. The van der Waals surface area contributed by atoms with Gasteiger partial charge in [-0.15, -0.1) is 0 Å². The van der Waals surface area contributed by atoms with Gasteiger partial charge in [-0.2, -0.15) is 0 Å². The third kappa shape index (κ3) is 4.37. The molecule has 0 saturated carbocycles. The number of likely N-dealkylation sites (tertiary alicyclic amines) is 1. The summed E-state index contributed by atoms with van der Waals surface area (Å²) in [6.07, 6.45) is 1.30. The van der Waals surface area contributed by atoms with Gasteiger partial charge in [0.05, 0.1) is 11.3 Å². The predicted octanol–water partition coefficient (Wildman–Crippen LogP) is 2.83. The summed E-state index contributed by atoms with van der Waals surface area (Å²) < 4.78 is 26.2. The molecule has 23 heavy (non-hydrogen) atoms. The fraction of sp³-hybridized carbons (Fsp3) is 0.533. The minimum absolute atomic E-state index is 0.0394. The van der Waals surface area contributed by atoms with Gasteiger partial charge in [-0.25, -0.2) is 12.7 Å². The largest absolute Gasteiger partial charge is 0.338 e. The van der Waals surface area contributed by atoms with E-state index < -0.39 is 10.0 Å². The number of carbonyl (C=O) groups is 1. The van der Waals surface area contributed by atoms with E-state index in [2.05, 4.69) is 22.6 Å². The van der Waals surface area contributed by atoms with Crippen molar-refractivity contribution in [1.29, 1.82) is 0 Å². The molecule has 1 heterocycles. The number of carbonyl (C=O) groups excluding carboxylic acids is 1. The fourth-order valence-corrected chi connectivity index (χ4v) is 4.51. The van der Waals surface area contributed by atoms with E-state index in [1.807, 2.05) is 6.07 Å². The van der Waals surface area contributed by atoms with Crippen LogP contribution in [0.5, 0.6) is 0 Å². The Morgan fingerprint density at radius 1 is 1.39 bits per heavy atom. The third-order valence-electron chi connectivity index (χ3n) is 4.23. The molecule has 0 N–H and O–H groups in total. The summed E-state index contributed by atoms with van der Waals surface area (Å²) in [5.41, 5.74) is 0.603. The van der Waals surface area contributed by atoms with E-state index in [1.54, 1.807) is 31.0 Å². The van der Waals surface area contributed by atoms with Crippen molar-refractivity contribution >= 4 is 50.1 Å². The Morgan fingerprint density at radius 3 is 2.57 bits per heavy atom. The van der Waals surface area contributed by atoms with Gasteiger partial charge in [-0.3, -0.25) is 4.79 Å². The lowest BCUT2D eigenvalue weighted by molar-refractivity contribution is 0.0685. The second-order valence-electron chi connectivity index (χ2n) is 5.56. The lowest BCUT2D eigenvalue weighted by Crippen LogP contribution is -2.47. The van der Waals surface area contributed by atoms with Crippen molar-refractivity contribution in [2.75, 3.05) is 25.9 Å². The number of rotatable bonds is 4. The first-order chi connectivity index (χ1) is 10.8. The molecule has 0 aromatic heterocycles. The summed E-state index contributed by atoms with van der Waals surface area (Å²) >= 11 is 8.11. The Labute approximate surface area is 156 Å². The Kier molecular flexibility index (Phi) is 6.32. The van der Waals surface area contributed by atoms with Gasteiger partial charge in [0.15, 0.2) is 0 Å². The van der Waals surface area contributed by atoms with E-state index in [4.69, 9.17) is 11.6 Å². The molecule has 0 atom stereocenters. The molecule has 5 nitrogen and oxygen atoms in total. The smallest absolute Gasteiger partial charge is 0.254 e. The van der Waals surface area contributed by atoms with Crippen molar-refractivity contribution in [3.05, 3.63) is 32.4 Å². The van der Waals surface area contributed by atoms with E-state index >= 15 is 0 Å². The molecule has 0 spiro atoms. The Morgan fingerprint density at radius 2 is 2.00 bits per heavy atom. The minimum Gasteiger partial charge on any atom is -0.338 e. The molecule has 1 fully saturated rings. The van der Waals surface area contributed by atoms with Crippen LogP contribution in [0.2, 0.25) is 5.02 Å². The second kappa shape index (κ2) is 7.67. The summed E-state index contributed by atoms with van der Waals surface area (Å²) in [6, 6.07) is 5.23. The SMILES string of the molecule is CCS(=O)(=O)N(C)C1CCN(C(=O)c2cc(Cl)ccc2I)CC1. The monoisotopic (exact) mass is 470 g/mol. The van der Waals surface area contributed by atoms with Crippen LogP contribution in [-0.4, -0.2) is 55.5 Å². The first kappa shape index (κ1) is 19.0. The molecule has 1 aliphatic heterocycles. The molecule has 0 bridgehead atoms. The van der Waals surface area contributed by atoms with Crippen LogP contribution in [0.15, 0.2) is 18.2 Å². The summed E-state index contributed by atoms with van der Waals surface area (Å²) in [6.45, 7) is 2.75. The van der Waals surface area contributed by atoms with Crippen LogP contribution in [-0.2, 0) is 10.0 Å². The summed E-state index contributed by atoms with van der Waals surface area (Å²) in [4.78, 5) is 14.4. The van der Waals surface area contributed by atoms with Crippen LogP contribution in [0.25, 0.3) is 0 Å². The van der Waals surface area contributed by atoms with Crippen molar-refractivity contribution in [1.82, 2.24) is 9.21 Å². The number of benzene rings is 1. The molecule has 0 radical (unpaired) electrons. The van der Waals surface area contributed by atoms with Gasteiger partial charge in [0.2, 0.25) is 10.0 Å². The Bertz CT molecular complexity index is 688. The lowest BCUT2D eigenvalue weighted by Gasteiger charge is -2.36. The Hall–Kier alpha value is -0.380. The zero-order valence-electron chi connectivity index (χ0n) is 13.1. The minimum atomic E-state index is -3.19. The van der Waals surface area contributed by atoms with Crippen LogP contribution >= 0.6 is 34.2 Å². The van der Waals surface area contributed by atoms with Crippen molar-refractivity contribution in [3.63, 3.8) is 0 Å². The maximum Gasteiger partial charge on any atom is 0.254 e. The first-order valence-corrected chi connectivity index (χ1v) is 10.5. The molecule has 1 aromatic carbocycles. The van der Waals surface area contributed by atoms with Crippen molar-refractivity contribution in [3.8, 4) is 0 Å². The number of piperidine rings is 1. The van der Waals surface area contributed by atoms with Crippen molar-refractivity contribution in [2.24, 2.45) is 0 Å². The van der Waals surface area contributed by atoms with Crippen LogP contribution in [0.4, 0.5) is 0 Å². The summed E-state index contributed by atoms with van der Waals surface area (Å²) in [7, 11) is -1.56. The number of sulfonamides is 1. The zero-order chi connectivity index (χ0) is 17.2. The first-order valence-electron chi connectivity index (χ1n) is 7.46. The average molecular weight is 471 g/mol. The van der Waals surface area contributed by atoms with Crippen molar-refractivity contribution in [2.45, 2.75) is 25.8 Å². The number of halogens is 2. The molecular formula is C15H20ClIN2O3S. The number of hydrogen-bond donors (Lipinski definition) is 0. The van der Waals surface area contributed by atoms with Crippen LogP contribution in [0.3, 0.4) is 0 Å². The maximum atomic E-state index is 12.6. The maximum absolute atomic E-state index is 12.6. The topological polar surface area (TPSA) is 57.7 Å². The highest BCUT2D eigenvalue weighted by Gasteiger charge is 2.30. The van der Waals surface area contributed by atoms with Gasteiger partial charge in [0.25, 0.3) is 5.91 Å². The molecule has 0 aliphatic carbocycles. The van der Waals surface area contributed by atoms with E-state index in [-0.39, 0.29) is 17.7 Å². The van der Waals surface area contributed by atoms with Gasteiger partial charge in [-0.05, 0) is 60.6 Å². The molecular weight excluding hydrogens is 451 g/mol. The van der Waals surface area contributed by atoms with Gasteiger partial charge < -0.3 is 4.90 Å². The standard InChI is InChI=1S/C15H20ClIN2O3S/c1-3-23(21,22)18(2)12-6-8-19(9-7-12)15(20)13-10-11(16)4-5-14(13)17/h4-5,10,12H,3,6-9H2,1-2H3. The second-order valence-corrected chi connectivity index (χ2v) is 9.48. The van der Waals surface area contributed by atoms with Crippen LogP contribution in [0.1, 0.15) is 30.1 Å². The molecule has 8 heteroatoms. The summed E-state index contributed by atoms with van der Waals surface area (Å²) in [5, 5.41) is 0.539. The highest BCUT2D eigenvalue weighted by atomic mass is 127. The molecule has 1 aromatic rings. The third-order valence-corrected chi connectivity index (χ3v) is 7.31. The van der Waals surface area contributed by atoms with E-state index in [0.29, 0.717) is 36.5 Å². The molecule has 1 saturated heterocycles. The zero-order valence-corrected chi connectivity index (χ0v) is 16.9. The normalized spacial score (nSPS) is 16.8. The molecule has 1 aliphatic rings. The molecule has 2 rings (SSSR count). The lowest BCUT2D eigenvalue weighted by atomic mass is 10.0. The molecule has 128 valence electrons.